The summed E-state index contributed by atoms with van der Waals surface area (Å²) in [6, 6.07) is 14.7. The number of hydrogen-bond acceptors (Lipinski definition) is 2. The molecule has 1 heterocycles. The molecule has 0 radical (unpaired) electrons. The minimum atomic E-state index is -0.226. The highest BCUT2D eigenvalue weighted by Gasteiger charge is 2.45. The zero-order valence-corrected chi connectivity index (χ0v) is 14.1. The van der Waals surface area contributed by atoms with E-state index in [1.54, 1.807) is 12.1 Å². The van der Waals surface area contributed by atoms with E-state index in [9.17, 15) is 9.18 Å². The van der Waals surface area contributed by atoms with Crippen molar-refractivity contribution in [3.63, 3.8) is 0 Å². The number of halogens is 1. The Hall–Kier alpha value is -2.69. The van der Waals surface area contributed by atoms with Gasteiger partial charge in [0.1, 0.15) is 11.6 Å². The maximum Gasteiger partial charge on any atom is 0.224 e. The quantitative estimate of drug-likeness (QED) is 0.773. The van der Waals surface area contributed by atoms with Gasteiger partial charge in [-0.25, -0.2) is 9.37 Å². The van der Waals surface area contributed by atoms with Crippen LogP contribution in [0.3, 0.4) is 0 Å². The second kappa shape index (κ2) is 6.31. The van der Waals surface area contributed by atoms with Gasteiger partial charge in [0.25, 0.3) is 0 Å². The fraction of sp³-hybridized carbons (Fsp3) is 0.300. The summed E-state index contributed by atoms with van der Waals surface area (Å²) in [5.74, 6) is 0.446. The van der Waals surface area contributed by atoms with E-state index in [2.05, 4.69) is 21.8 Å². The molecule has 2 atom stereocenters. The van der Waals surface area contributed by atoms with Crippen LogP contribution in [0.4, 0.5) is 4.39 Å². The topological polar surface area (TPSA) is 46.9 Å². The number of carbonyl (C=O) groups excluding carboxylic acids is 1. The molecule has 0 bridgehead atoms. The molecule has 1 aliphatic rings. The minimum absolute atomic E-state index is 0.00816. The van der Waals surface area contributed by atoms with Crippen LogP contribution in [0, 0.1) is 11.7 Å². The zero-order chi connectivity index (χ0) is 17.4. The van der Waals surface area contributed by atoms with Gasteiger partial charge < -0.3 is 9.88 Å². The lowest BCUT2D eigenvalue weighted by atomic mass is 10.1. The molecule has 1 aliphatic carbocycles. The molecule has 3 aromatic rings. The highest BCUT2D eigenvalue weighted by molar-refractivity contribution is 5.83. The third-order valence-corrected chi connectivity index (χ3v) is 4.90. The Labute approximate surface area is 145 Å². The third-order valence-electron chi connectivity index (χ3n) is 4.90. The Balaban J connectivity index is 1.44. The number of fused-ring (bicyclic) bond motifs is 1. The van der Waals surface area contributed by atoms with Crippen LogP contribution in [0.15, 0.2) is 48.5 Å². The summed E-state index contributed by atoms with van der Waals surface area (Å²) in [5.41, 5.74) is 2.65. The largest absolute Gasteiger partial charge is 0.349 e. The Bertz CT molecular complexity index is 934. The van der Waals surface area contributed by atoms with E-state index in [0.717, 1.165) is 23.4 Å². The molecule has 1 aromatic heterocycles. The molecule has 5 heteroatoms. The molecule has 1 amide bonds. The molecule has 0 spiro atoms. The Morgan fingerprint density at radius 3 is 2.80 bits per heavy atom. The summed E-state index contributed by atoms with van der Waals surface area (Å²) in [6.45, 7) is 3.25. The highest BCUT2D eigenvalue weighted by atomic mass is 19.1. The number of carbonyl (C=O) groups is 1. The van der Waals surface area contributed by atoms with Crippen molar-refractivity contribution in [1.29, 1.82) is 0 Å². The Morgan fingerprint density at radius 2 is 2.00 bits per heavy atom. The lowest BCUT2D eigenvalue weighted by Gasteiger charge is -2.08. The van der Waals surface area contributed by atoms with Gasteiger partial charge in [-0.1, -0.05) is 30.3 Å². The van der Waals surface area contributed by atoms with Gasteiger partial charge in [0.15, 0.2) is 0 Å². The van der Waals surface area contributed by atoms with Crippen LogP contribution in [0.5, 0.6) is 0 Å². The molecule has 1 N–H and O–H groups in total. The van der Waals surface area contributed by atoms with Crippen molar-refractivity contribution in [1.82, 2.24) is 14.9 Å². The van der Waals surface area contributed by atoms with Gasteiger partial charge in [-0.05, 0) is 43.0 Å². The van der Waals surface area contributed by atoms with E-state index < -0.39 is 0 Å². The average Bonchev–Trinajstić information content (AvgIpc) is 3.34. The average molecular weight is 337 g/mol. The van der Waals surface area contributed by atoms with Crippen LogP contribution < -0.4 is 5.32 Å². The first-order valence-corrected chi connectivity index (χ1v) is 8.65. The second-order valence-electron chi connectivity index (χ2n) is 6.45. The maximum absolute atomic E-state index is 13.8. The standard InChI is InChI=1S/C20H20FN3O/c1-2-24-18-10-6-5-9-17(18)23-19(24)12-22-20(25)15-11-14(15)13-7-3-4-8-16(13)21/h3-10,14-15H,2,11-12H2,1H3,(H,22,25). The molecule has 1 saturated carbocycles. The zero-order valence-electron chi connectivity index (χ0n) is 14.1. The number of hydrogen-bond donors (Lipinski definition) is 1. The van der Waals surface area contributed by atoms with Crippen molar-refractivity contribution >= 4 is 16.9 Å². The highest BCUT2D eigenvalue weighted by Crippen LogP contribution is 2.48. The van der Waals surface area contributed by atoms with E-state index in [4.69, 9.17) is 0 Å². The lowest BCUT2D eigenvalue weighted by molar-refractivity contribution is -0.122. The van der Waals surface area contributed by atoms with Crippen LogP contribution in [0.1, 0.15) is 30.7 Å². The monoisotopic (exact) mass is 337 g/mol. The third kappa shape index (κ3) is 2.90. The molecule has 4 nitrogen and oxygen atoms in total. The fourth-order valence-electron chi connectivity index (χ4n) is 3.51. The van der Waals surface area contributed by atoms with Gasteiger partial charge in [0.2, 0.25) is 5.91 Å². The van der Waals surface area contributed by atoms with Crippen LogP contribution in [-0.2, 0) is 17.9 Å². The summed E-state index contributed by atoms with van der Waals surface area (Å²) in [4.78, 5) is 17.0. The molecule has 25 heavy (non-hydrogen) atoms. The first kappa shape index (κ1) is 15.8. The van der Waals surface area contributed by atoms with Crippen molar-refractivity contribution in [2.24, 2.45) is 5.92 Å². The summed E-state index contributed by atoms with van der Waals surface area (Å²) < 4.78 is 15.9. The number of nitrogens with zero attached hydrogens (tertiary/aromatic N) is 2. The molecule has 1 fully saturated rings. The molecular formula is C20H20FN3O. The van der Waals surface area contributed by atoms with Crippen molar-refractivity contribution < 1.29 is 9.18 Å². The Kier molecular flexibility index (Phi) is 3.99. The van der Waals surface area contributed by atoms with Crippen molar-refractivity contribution in [2.75, 3.05) is 0 Å². The summed E-state index contributed by atoms with van der Waals surface area (Å²) >= 11 is 0. The second-order valence-corrected chi connectivity index (χ2v) is 6.45. The van der Waals surface area contributed by atoms with Crippen LogP contribution >= 0.6 is 0 Å². The first-order valence-electron chi connectivity index (χ1n) is 8.65. The van der Waals surface area contributed by atoms with E-state index in [0.29, 0.717) is 18.5 Å². The van der Waals surface area contributed by atoms with E-state index in [1.807, 2.05) is 30.3 Å². The predicted molar refractivity (Wildman–Crippen MR) is 94.5 cm³/mol. The van der Waals surface area contributed by atoms with Gasteiger partial charge in [0, 0.05) is 12.5 Å². The molecule has 0 saturated heterocycles. The number of benzene rings is 2. The maximum atomic E-state index is 13.8. The minimum Gasteiger partial charge on any atom is -0.349 e. The molecule has 2 aromatic carbocycles. The summed E-state index contributed by atoms with van der Waals surface area (Å²) in [5, 5.41) is 2.97. The van der Waals surface area contributed by atoms with Crippen LogP contribution in [-0.4, -0.2) is 15.5 Å². The number of amides is 1. The van der Waals surface area contributed by atoms with Gasteiger partial charge in [-0.2, -0.15) is 0 Å². The number of aromatic nitrogens is 2. The van der Waals surface area contributed by atoms with Crippen molar-refractivity contribution in [3.8, 4) is 0 Å². The number of aryl methyl sites for hydroxylation is 1. The number of rotatable bonds is 5. The number of para-hydroxylation sites is 2. The van der Waals surface area contributed by atoms with Crippen LogP contribution in [0.25, 0.3) is 11.0 Å². The first-order chi connectivity index (χ1) is 12.2. The lowest BCUT2D eigenvalue weighted by Crippen LogP contribution is -2.26. The SMILES string of the molecule is CCn1c(CNC(=O)C2CC2c2ccccc2F)nc2ccccc21. The molecule has 2 unspecified atom stereocenters. The van der Waals surface area contributed by atoms with E-state index in [1.165, 1.54) is 6.07 Å². The summed E-state index contributed by atoms with van der Waals surface area (Å²) in [7, 11) is 0. The van der Waals surface area contributed by atoms with Crippen molar-refractivity contribution in [3.05, 3.63) is 65.7 Å². The molecule has 4 rings (SSSR count). The Morgan fingerprint density at radius 1 is 1.24 bits per heavy atom. The smallest absolute Gasteiger partial charge is 0.224 e. The van der Waals surface area contributed by atoms with Crippen LogP contribution in [0.2, 0.25) is 0 Å². The van der Waals surface area contributed by atoms with Crippen molar-refractivity contribution in [2.45, 2.75) is 32.4 Å². The normalized spacial score (nSPS) is 19.1. The fourth-order valence-corrected chi connectivity index (χ4v) is 3.51. The number of nitrogens with one attached hydrogen (secondary N) is 1. The molecule has 0 aliphatic heterocycles. The molecular weight excluding hydrogens is 317 g/mol. The van der Waals surface area contributed by atoms with E-state index in [-0.39, 0.29) is 23.6 Å². The molecule has 128 valence electrons. The van der Waals surface area contributed by atoms with Gasteiger partial charge in [-0.15, -0.1) is 0 Å². The van der Waals surface area contributed by atoms with Gasteiger partial charge in [0.05, 0.1) is 17.6 Å². The number of imidazole rings is 1. The predicted octanol–water partition coefficient (Wildman–Crippen LogP) is 3.62. The van der Waals surface area contributed by atoms with Gasteiger partial charge in [-0.3, -0.25) is 4.79 Å². The van der Waals surface area contributed by atoms with E-state index >= 15 is 0 Å². The van der Waals surface area contributed by atoms with Gasteiger partial charge >= 0.3 is 0 Å². The summed E-state index contributed by atoms with van der Waals surface area (Å²) in [6.07, 6.45) is 0.705.